The standard InChI is InChI=1S/C28H28BrN5O6/c29-16-13-20(28(38)33-11-9-17(35)10-12-33)26(24(14-16)34(39)40)31-22-7-3-4-8-23(22)32-27(37)19-15-25(36)30-21-6-2-1-5-18(19)21/h1-2,5-6,13-15,22-23,31H,3-4,7-12H2,(H,30,36)(H,32,37)/t22-,23+/m1/s1. The van der Waals surface area contributed by atoms with E-state index >= 15 is 0 Å². The van der Waals surface area contributed by atoms with Crippen molar-refractivity contribution in [3.8, 4) is 0 Å². The quantitative estimate of drug-likeness (QED) is 0.280. The molecule has 2 fully saturated rings. The topological polar surface area (TPSA) is 155 Å². The maximum atomic E-state index is 13.5. The number of ketones is 1. The lowest BCUT2D eigenvalue weighted by molar-refractivity contribution is -0.384. The molecule has 2 heterocycles. The maximum Gasteiger partial charge on any atom is 0.294 e. The monoisotopic (exact) mass is 609 g/mol. The Morgan fingerprint density at radius 3 is 2.42 bits per heavy atom. The molecule has 1 aliphatic carbocycles. The van der Waals surface area contributed by atoms with Crippen LogP contribution in [0.15, 0.2) is 51.7 Å². The van der Waals surface area contributed by atoms with Gasteiger partial charge in [0, 0.05) is 65.5 Å². The summed E-state index contributed by atoms with van der Waals surface area (Å²) in [5.41, 5.74) is 0.354. The number of piperidine rings is 1. The van der Waals surface area contributed by atoms with Gasteiger partial charge < -0.3 is 20.5 Å². The van der Waals surface area contributed by atoms with Crippen LogP contribution in [0.5, 0.6) is 0 Å². The highest BCUT2D eigenvalue weighted by atomic mass is 79.9. The van der Waals surface area contributed by atoms with Crippen LogP contribution in [0.2, 0.25) is 0 Å². The van der Waals surface area contributed by atoms with Crippen molar-refractivity contribution < 1.29 is 19.3 Å². The van der Waals surface area contributed by atoms with E-state index in [0.717, 1.165) is 12.8 Å². The Balaban J connectivity index is 1.45. The first-order chi connectivity index (χ1) is 19.2. The number of nitro groups is 1. The van der Waals surface area contributed by atoms with Crippen LogP contribution in [0, 0.1) is 10.1 Å². The van der Waals surface area contributed by atoms with E-state index in [4.69, 9.17) is 0 Å². The third-order valence-corrected chi connectivity index (χ3v) is 7.98. The number of H-pyrrole nitrogens is 1. The molecular formula is C28H28BrN5O6. The van der Waals surface area contributed by atoms with Gasteiger partial charge in [0.25, 0.3) is 17.5 Å². The molecule has 0 radical (unpaired) electrons. The zero-order chi connectivity index (χ0) is 28.4. The number of nitrogens with zero attached hydrogens (tertiary/aromatic N) is 2. The number of aromatic nitrogens is 1. The molecule has 12 heteroatoms. The normalized spacial score (nSPS) is 19.3. The number of para-hydroxylation sites is 1. The fourth-order valence-corrected chi connectivity index (χ4v) is 5.93. The maximum absolute atomic E-state index is 13.5. The van der Waals surface area contributed by atoms with Gasteiger partial charge in [0.2, 0.25) is 5.56 Å². The second-order valence-electron chi connectivity index (χ2n) is 10.1. The lowest BCUT2D eigenvalue weighted by atomic mass is 9.89. The Hall–Kier alpha value is -4.06. The van der Waals surface area contributed by atoms with E-state index in [-0.39, 0.29) is 54.2 Å². The zero-order valence-electron chi connectivity index (χ0n) is 21.6. The summed E-state index contributed by atoms with van der Waals surface area (Å²) in [6, 6.07) is 10.4. The van der Waals surface area contributed by atoms with Crippen LogP contribution in [-0.2, 0) is 4.79 Å². The summed E-state index contributed by atoms with van der Waals surface area (Å²) in [6.45, 7) is 0.507. The molecule has 11 nitrogen and oxygen atoms in total. The summed E-state index contributed by atoms with van der Waals surface area (Å²) in [7, 11) is 0. The Labute approximate surface area is 237 Å². The lowest BCUT2D eigenvalue weighted by Crippen LogP contribution is -2.49. The number of anilines is 1. The van der Waals surface area contributed by atoms with Gasteiger partial charge >= 0.3 is 0 Å². The second-order valence-corrected chi connectivity index (χ2v) is 11.1. The number of benzene rings is 2. The zero-order valence-corrected chi connectivity index (χ0v) is 23.2. The molecule has 5 rings (SSSR count). The van der Waals surface area contributed by atoms with Crippen molar-refractivity contribution in [2.45, 2.75) is 50.6 Å². The van der Waals surface area contributed by atoms with Crippen molar-refractivity contribution in [2.75, 3.05) is 18.4 Å². The van der Waals surface area contributed by atoms with Crippen molar-refractivity contribution in [1.82, 2.24) is 15.2 Å². The van der Waals surface area contributed by atoms with Crippen molar-refractivity contribution in [3.63, 3.8) is 0 Å². The van der Waals surface area contributed by atoms with Crippen molar-refractivity contribution in [3.05, 3.63) is 78.5 Å². The molecule has 3 aromatic rings. The minimum Gasteiger partial charge on any atom is -0.374 e. The van der Waals surface area contributed by atoms with E-state index in [0.29, 0.717) is 28.2 Å². The largest absolute Gasteiger partial charge is 0.374 e. The van der Waals surface area contributed by atoms with E-state index in [1.165, 1.54) is 17.0 Å². The van der Waals surface area contributed by atoms with Crippen LogP contribution in [0.25, 0.3) is 10.9 Å². The van der Waals surface area contributed by atoms with E-state index in [9.17, 15) is 29.3 Å². The van der Waals surface area contributed by atoms with Gasteiger partial charge in [-0.25, -0.2) is 0 Å². The Bertz CT molecular complexity index is 1560. The number of halogens is 1. The fraction of sp³-hybridized carbons (Fsp3) is 0.357. The molecule has 0 bridgehead atoms. The van der Waals surface area contributed by atoms with Crippen LogP contribution in [0.4, 0.5) is 11.4 Å². The first-order valence-corrected chi connectivity index (χ1v) is 14.0. The molecule has 1 saturated carbocycles. The van der Waals surface area contributed by atoms with Crippen molar-refractivity contribution in [2.24, 2.45) is 0 Å². The number of rotatable bonds is 6. The average molecular weight is 610 g/mol. The minimum atomic E-state index is -0.539. The molecule has 1 saturated heterocycles. The van der Waals surface area contributed by atoms with Gasteiger partial charge in [0.05, 0.1) is 16.1 Å². The minimum absolute atomic E-state index is 0.0802. The van der Waals surface area contributed by atoms with Gasteiger partial charge in [0.15, 0.2) is 0 Å². The van der Waals surface area contributed by atoms with Crippen LogP contribution in [-0.4, -0.2) is 57.6 Å². The molecule has 208 valence electrons. The molecule has 0 unspecified atom stereocenters. The molecule has 0 spiro atoms. The molecule has 1 aliphatic heterocycles. The Kier molecular flexibility index (Phi) is 7.97. The molecule has 3 N–H and O–H groups in total. The van der Waals surface area contributed by atoms with Gasteiger partial charge in [-0.1, -0.05) is 47.0 Å². The van der Waals surface area contributed by atoms with Crippen LogP contribution < -0.4 is 16.2 Å². The Morgan fingerprint density at radius 1 is 1.00 bits per heavy atom. The number of carbonyl (C=O) groups excluding carboxylic acids is 3. The van der Waals surface area contributed by atoms with Crippen LogP contribution in [0.1, 0.15) is 59.2 Å². The highest BCUT2D eigenvalue weighted by Gasteiger charge is 2.33. The summed E-state index contributed by atoms with van der Waals surface area (Å²) in [6.07, 6.45) is 3.40. The van der Waals surface area contributed by atoms with E-state index in [1.54, 1.807) is 30.3 Å². The molecule has 1 aromatic heterocycles. The summed E-state index contributed by atoms with van der Waals surface area (Å²) >= 11 is 3.30. The van der Waals surface area contributed by atoms with Gasteiger partial charge in [-0.3, -0.25) is 29.3 Å². The van der Waals surface area contributed by atoms with Gasteiger partial charge in [0.1, 0.15) is 11.5 Å². The third kappa shape index (κ3) is 5.76. The smallest absolute Gasteiger partial charge is 0.294 e. The molecule has 40 heavy (non-hydrogen) atoms. The number of aromatic amines is 1. The average Bonchev–Trinajstić information content (AvgIpc) is 2.94. The number of nitrogens with one attached hydrogen (secondary N) is 3. The third-order valence-electron chi connectivity index (χ3n) is 7.53. The van der Waals surface area contributed by atoms with Crippen molar-refractivity contribution >= 4 is 55.8 Å². The van der Waals surface area contributed by atoms with Crippen LogP contribution >= 0.6 is 15.9 Å². The molecule has 2 amide bonds. The summed E-state index contributed by atoms with van der Waals surface area (Å²) in [4.78, 5) is 66.7. The van der Waals surface area contributed by atoms with Gasteiger partial charge in [-0.15, -0.1) is 0 Å². The number of fused-ring (bicyclic) bond motifs is 1. The molecule has 2 aliphatic rings. The number of hydrogen-bond donors (Lipinski definition) is 3. The number of Topliss-reactive ketones (excluding diaryl/α,β-unsaturated/α-hetero) is 1. The second kappa shape index (κ2) is 11.6. The van der Waals surface area contributed by atoms with E-state index < -0.39 is 34.4 Å². The number of carbonyl (C=O) groups is 3. The molecule has 2 aromatic carbocycles. The van der Waals surface area contributed by atoms with Gasteiger partial charge in [-0.2, -0.15) is 0 Å². The summed E-state index contributed by atoms with van der Waals surface area (Å²) < 4.78 is 0.385. The van der Waals surface area contributed by atoms with Crippen LogP contribution in [0.3, 0.4) is 0 Å². The molecule has 2 atom stereocenters. The highest BCUT2D eigenvalue weighted by Crippen LogP contribution is 2.36. The lowest BCUT2D eigenvalue weighted by Gasteiger charge is -2.34. The Morgan fingerprint density at radius 2 is 1.70 bits per heavy atom. The SMILES string of the molecule is O=C1CCN(C(=O)c2cc(Br)cc([N+](=O)[O-])c2N[C@@H]2CCCC[C@@H]2NC(=O)c2cc(=O)[nH]c3ccccc23)CC1. The van der Waals surface area contributed by atoms with E-state index in [2.05, 4.69) is 31.5 Å². The fourth-order valence-electron chi connectivity index (χ4n) is 5.49. The van der Waals surface area contributed by atoms with Crippen molar-refractivity contribution in [1.29, 1.82) is 0 Å². The number of nitro benzene ring substituents is 1. The first-order valence-electron chi connectivity index (χ1n) is 13.2. The summed E-state index contributed by atoms with van der Waals surface area (Å²) in [5.74, 6) is -0.733. The first kappa shape index (κ1) is 27.5. The molecular weight excluding hydrogens is 582 g/mol. The number of hydrogen-bond acceptors (Lipinski definition) is 7. The van der Waals surface area contributed by atoms with E-state index in [1.807, 2.05) is 0 Å². The predicted octanol–water partition coefficient (Wildman–Crippen LogP) is 4.16. The highest BCUT2D eigenvalue weighted by molar-refractivity contribution is 9.10. The van der Waals surface area contributed by atoms with Gasteiger partial charge in [-0.05, 0) is 25.0 Å². The number of amides is 2. The number of likely N-dealkylation sites (tertiary alicyclic amines) is 1. The number of pyridine rings is 1. The predicted molar refractivity (Wildman–Crippen MR) is 153 cm³/mol. The summed E-state index contributed by atoms with van der Waals surface area (Å²) in [5, 5.41) is 19.0.